The van der Waals surface area contributed by atoms with Gasteiger partial charge in [-0.2, -0.15) is 13.2 Å². The summed E-state index contributed by atoms with van der Waals surface area (Å²) in [4.78, 5) is 45.2. The van der Waals surface area contributed by atoms with Gasteiger partial charge in [-0.3, -0.25) is 19.3 Å². The summed E-state index contributed by atoms with van der Waals surface area (Å²) in [7, 11) is 0. The number of aromatic nitrogens is 1. The van der Waals surface area contributed by atoms with E-state index in [0.29, 0.717) is 22.2 Å². The second-order valence-electron chi connectivity index (χ2n) is 12.1. The largest absolute Gasteiger partial charge is 0.489 e. The minimum atomic E-state index is -4.62. The standard InChI is InChI=1S/C33H23Cl2F3N2O4S2/c34-16-5-1-3-14(9-16)13-44-22-8-7-17(35)11-19(22)23-24-20-12-21(27(24)45-29-28(23)46-32(43)39-29)26-25(20)30(41)40(31(26)42)18-6-2-4-15(10-18)33(36,37)38/h1-11,20-21,23-27H,12-13H2,(H,39,43)/t20-,21-,23?,24?,25?,26?,27?/m1/s1. The summed E-state index contributed by atoms with van der Waals surface area (Å²) in [6.07, 6.45) is -3.99. The molecule has 5 unspecified atom stereocenters. The summed E-state index contributed by atoms with van der Waals surface area (Å²) in [6.45, 7) is 0.233. The number of carbonyl (C=O) groups is 2. The second-order valence-corrected chi connectivity index (χ2v) is 15.2. The van der Waals surface area contributed by atoms with Crippen LogP contribution in [0.15, 0.2) is 76.6 Å². The average molecular weight is 704 g/mol. The first-order chi connectivity index (χ1) is 22.0. The quantitative estimate of drug-likeness (QED) is 0.213. The number of ether oxygens (including phenoxy) is 1. The number of thioether (sulfide) groups is 1. The van der Waals surface area contributed by atoms with E-state index >= 15 is 0 Å². The van der Waals surface area contributed by atoms with Crippen LogP contribution in [-0.2, 0) is 22.4 Å². The van der Waals surface area contributed by atoms with Gasteiger partial charge >= 0.3 is 11.0 Å². The number of nitrogens with one attached hydrogen (secondary N) is 1. The average Bonchev–Trinajstić information content (AvgIpc) is 3.75. The summed E-state index contributed by atoms with van der Waals surface area (Å²) in [5.41, 5.74) is 0.650. The van der Waals surface area contributed by atoms with Gasteiger partial charge in [0.25, 0.3) is 0 Å². The summed E-state index contributed by atoms with van der Waals surface area (Å²) in [5, 5.41) is 1.66. The van der Waals surface area contributed by atoms with Crippen LogP contribution in [0, 0.1) is 29.6 Å². The van der Waals surface area contributed by atoms with Crippen LogP contribution in [-0.4, -0.2) is 22.0 Å². The van der Waals surface area contributed by atoms with E-state index in [2.05, 4.69) is 4.98 Å². The van der Waals surface area contributed by atoms with Crippen LogP contribution >= 0.6 is 46.3 Å². The van der Waals surface area contributed by atoms with Crippen molar-refractivity contribution in [1.29, 1.82) is 0 Å². The highest BCUT2D eigenvalue weighted by molar-refractivity contribution is 8.00. The van der Waals surface area contributed by atoms with E-state index in [1.54, 1.807) is 18.2 Å². The molecule has 2 saturated carbocycles. The van der Waals surface area contributed by atoms with Gasteiger partial charge in [-0.15, -0.1) is 11.8 Å². The number of nitrogens with zero attached hydrogens (tertiary/aromatic N) is 1. The number of fused-ring (bicyclic) bond motifs is 9. The monoisotopic (exact) mass is 702 g/mol. The molecular weight excluding hydrogens is 680 g/mol. The molecule has 4 aliphatic rings. The number of benzene rings is 3. The number of amides is 2. The van der Waals surface area contributed by atoms with E-state index in [9.17, 15) is 27.6 Å². The molecule has 0 spiro atoms. The van der Waals surface area contributed by atoms with Crippen LogP contribution in [0.25, 0.3) is 0 Å². The zero-order chi connectivity index (χ0) is 32.1. The fourth-order valence-electron chi connectivity index (χ4n) is 8.12. The third kappa shape index (κ3) is 4.72. The van der Waals surface area contributed by atoms with Crippen molar-refractivity contribution in [3.8, 4) is 5.75 Å². The number of halogens is 5. The van der Waals surface area contributed by atoms with Crippen LogP contribution < -0.4 is 14.5 Å². The van der Waals surface area contributed by atoms with Gasteiger partial charge in [-0.05, 0) is 78.3 Å². The lowest BCUT2D eigenvalue weighted by molar-refractivity contribution is -0.137. The van der Waals surface area contributed by atoms with Gasteiger partial charge in [0.05, 0.1) is 28.1 Å². The van der Waals surface area contributed by atoms with Crippen molar-refractivity contribution in [2.75, 3.05) is 4.90 Å². The Labute approximate surface area is 278 Å². The Kier molecular flexibility index (Phi) is 7.13. The van der Waals surface area contributed by atoms with E-state index in [0.717, 1.165) is 49.4 Å². The van der Waals surface area contributed by atoms with Crippen molar-refractivity contribution in [3.05, 3.63) is 108 Å². The van der Waals surface area contributed by atoms with E-state index in [1.165, 1.54) is 23.9 Å². The zero-order valence-electron chi connectivity index (χ0n) is 23.6. The van der Waals surface area contributed by atoms with Gasteiger partial charge in [0.1, 0.15) is 12.4 Å². The molecule has 4 aromatic rings. The third-order valence-electron chi connectivity index (χ3n) is 9.75. The van der Waals surface area contributed by atoms with Gasteiger partial charge in [-0.1, -0.05) is 52.7 Å². The molecule has 1 saturated heterocycles. The first kappa shape index (κ1) is 30.1. The maximum atomic E-state index is 14.0. The molecule has 8 rings (SSSR count). The maximum Gasteiger partial charge on any atom is 0.416 e. The number of anilines is 1. The molecule has 0 radical (unpaired) electrons. The lowest BCUT2D eigenvalue weighted by Crippen LogP contribution is -2.42. The number of thiazole rings is 1. The molecule has 2 aliphatic heterocycles. The number of carbonyl (C=O) groups excluding carboxylic acids is 2. The summed E-state index contributed by atoms with van der Waals surface area (Å²) in [5.74, 6) is -2.64. The molecule has 2 aliphatic carbocycles. The molecule has 2 amide bonds. The first-order valence-corrected chi connectivity index (χ1v) is 17.1. The SMILES string of the molecule is O=C1C2C(C(=O)N1c1cccc(C(F)(F)F)c1)[C@@H]1C[C@H]2C2Sc3[nH]c(=O)sc3C(c3cc(Cl)ccc3OCc3cccc(Cl)c3)C21. The van der Waals surface area contributed by atoms with Gasteiger partial charge in [-0.25, -0.2) is 0 Å². The smallest absolute Gasteiger partial charge is 0.416 e. The van der Waals surface area contributed by atoms with Gasteiger partial charge in [0.2, 0.25) is 11.8 Å². The predicted molar refractivity (Wildman–Crippen MR) is 170 cm³/mol. The van der Waals surface area contributed by atoms with Crippen LogP contribution in [0.1, 0.15) is 33.9 Å². The van der Waals surface area contributed by atoms with Crippen molar-refractivity contribution < 1.29 is 27.5 Å². The summed E-state index contributed by atoms with van der Waals surface area (Å²) >= 11 is 15.4. The number of alkyl halides is 3. The van der Waals surface area contributed by atoms with Gasteiger partial charge in [0.15, 0.2) is 0 Å². The Morgan fingerprint density at radius 1 is 0.913 bits per heavy atom. The molecule has 3 heterocycles. The molecule has 13 heteroatoms. The van der Waals surface area contributed by atoms with Crippen molar-refractivity contribution in [2.45, 2.75) is 35.4 Å². The molecule has 46 heavy (non-hydrogen) atoms. The van der Waals surface area contributed by atoms with E-state index in [1.807, 2.05) is 24.3 Å². The highest BCUT2D eigenvalue weighted by atomic mass is 35.5. The van der Waals surface area contributed by atoms with Crippen LogP contribution in [0.4, 0.5) is 18.9 Å². The van der Waals surface area contributed by atoms with Crippen LogP contribution in [0.3, 0.4) is 0 Å². The number of hydrogen-bond donors (Lipinski definition) is 1. The number of rotatable bonds is 5. The Balaban J connectivity index is 1.19. The molecule has 3 fully saturated rings. The van der Waals surface area contributed by atoms with Crippen molar-refractivity contribution in [3.63, 3.8) is 0 Å². The number of imide groups is 1. The predicted octanol–water partition coefficient (Wildman–Crippen LogP) is 8.02. The third-order valence-corrected chi connectivity index (χ3v) is 12.8. The van der Waals surface area contributed by atoms with E-state index in [4.69, 9.17) is 27.9 Å². The molecule has 2 bridgehead atoms. The van der Waals surface area contributed by atoms with Crippen molar-refractivity contribution in [1.82, 2.24) is 4.98 Å². The number of H-pyrrole nitrogens is 1. The molecule has 3 aromatic carbocycles. The fourth-order valence-corrected chi connectivity index (χ4v) is 11.4. The Bertz CT molecular complexity index is 1980. The minimum Gasteiger partial charge on any atom is -0.489 e. The summed E-state index contributed by atoms with van der Waals surface area (Å²) < 4.78 is 47.0. The Morgan fingerprint density at radius 3 is 2.41 bits per heavy atom. The van der Waals surface area contributed by atoms with E-state index in [-0.39, 0.29) is 46.1 Å². The number of hydrogen-bond acceptors (Lipinski definition) is 6. The van der Waals surface area contributed by atoms with Crippen LogP contribution in [0.5, 0.6) is 5.75 Å². The van der Waals surface area contributed by atoms with Crippen molar-refractivity contribution >= 4 is 63.8 Å². The molecule has 6 nitrogen and oxygen atoms in total. The molecule has 7 atom stereocenters. The lowest BCUT2D eigenvalue weighted by Gasteiger charge is -2.43. The summed E-state index contributed by atoms with van der Waals surface area (Å²) in [6, 6.07) is 17.1. The molecule has 1 aromatic heterocycles. The maximum absolute atomic E-state index is 14.0. The Hall–Kier alpha value is -3.25. The van der Waals surface area contributed by atoms with Crippen molar-refractivity contribution in [2.24, 2.45) is 29.6 Å². The highest BCUT2D eigenvalue weighted by Crippen LogP contribution is 2.69. The second kappa shape index (κ2) is 10.9. The molecule has 236 valence electrons. The highest BCUT2D eigenvalue weighted by Gasteiger charge is 2.70. The van der Waals surface area contributed by atoms with Gasteiger partial charge in [0, 0.05) is 31.7 Å². The zero-order valence-corrected chi connectivity index (χ0v) is 26.7. The lowest BCUT2D eigenvalue weighted by atomic mass is 9.68. The van der Waals surface area contributed by atoms with Crippen LogP contribution in [0.2, 0.25) is 10.0 Å². The topological polar surface area (TPSA) is 79.5 Å². The molecule has 1 N–H and O–H groups in total. The van der Waals surface area contributed by atoms with E-state index < -0.39 is 35.4 Å². The first-order valence-electron chi connectivity index (χ1n) is 14.6. The normalized spacial score (nSPS) is 27.9. The molecular formula is C33H23Cl2F3N2O4S2. The number of aromatic amines is 1. The van der Waals surface area contributed by atoms with Gasteiger partial charge < -0.3 is 9.72 Å². The minimum absolute atomic E-state index is 0.0687. The Morgan fingerprint density at radius 2 is 1.65 bits per heavy atom. The fraction of sp³-hybridized carbons (Fsp3) is 0.303.